The second-order valence-corrected chi connectivity index (χ2v) is 15.2. The Morgan fingerprint density at radius 3 is 2.40 bits per heavy atom. The van der Waals surface area contributed by atoms with Gasteiger partial charge in [0.05, 0.1) is 35.3 Å². The fourth-order valence-electron chi connectivity index (χ4n) is 6.40. The number of aryl methyl sites for hydroxylation is 1. The molecule has 0 saturated heterocycles. The largest absolute Gasteiger partial charge is 0.490 e. The molecule has 260 valence electrons. The Balaban J connectivity index is 1.64. The van der Waals surface area contributed by atoms with E-state index < -0.39 is 16.1 Å². The standard InChI is InChI=1S/C36H53N3O7S/c1-25-14-17-31(18-15-25)47(43,44)37-30-16-19-33-32(21-30)36(42)39(27(3)24-40)22-26(2)34(45-20-10-9-11-28(4)46-33)23-38(5)35(41)29-12-7-6-8-13-29/h14-19,21,26-29,34,37,40H,6-13,20,22-24H2,1-5H3/t26-,27+,28+,34+/m0/s1. The average Bonchev–Trinajstić information content (AvgIpc) is 3.06. The van der Waals surface area contributed by atoms with Gasteiger partial charge in [-0.25, -0.2) is 8.42 Å². The highest BCUT2D eigenvalue weighted by atomic mass is 32.2. The van der Waals surface area contributed by atoms with Crippen molar-refractivity contribution in [3.63, 3.8) is 0 Å². The maximum absolute atomic E-state index is 14.4. The predicted molar refractivity (Wildman–Crippen MR) is 183 cm³/mol. The number of nitrogens with zero attached hydrogens (tertiary/aromatic N) is 2. The van der Waals surface area contributed by atoms with Gasteiger partial charge < -0.3 is 24.4 Å². The lowest BCUT2D eigenvalue weighted by Crippen LogP contribution is -2.48. The zero-order chi connectivity index (χ0) is 34.1. The second-order valence-electron chi connectivity index (χ2n) is 13.5. The molecule has 0 radical (unpaired) electrons. The van der Waals surface area contributed by atoms with Crippen molar-refractivity contribution >= 4 is 27.5 Å². The maximum Gasteiger partial charge on any atom is 0.261 e. The van der Waals surface area contributed by atoms with Crippen LogP contribution in [0.3, 0.4) is 0 Å². The van der Waals surface area contributed by atoms with Crippen LogP contribution in [0.1, 0.15) is 88.1 Å². The van der Waals surface area contributed by atoms with Gasteiger partial charge in [0.25, 0.3) is 15.9 Å². The Morgan fingerprint density at radius 1 is 1.04 bits per heavy atom. The topological polar surface area (TPSA) is 125 Å². The average molecular weight is 672 g/mol. The van der Waals surface area contributed by atoms with Gasteiger partial charge in [-0.2, -0.15) is 0 Å². The number of aliphatic hydroxyl groups excluding tert-OH is 1. The molecule has 2 aromatic rings. The quantitative estimate of drug-likeness (QED) is 0.373. The van der Waals surface area contributed by atoms with Crippen LogP contribution in [0.15, 0.2) is 47.4 Å². The van der Waals surface area contributed by atoms with Crippen LogP contribution in [0.4, 0.5) is 5.69 Å². The third-order valence-electron chi connectivity index (χ3n) is 9.42. The summed E-state index contributed by atoms with van der Waals surface area (Å²) in [5, 5.41) is 10.2. The number of amides is 2. The van der Waals surface area contributed by atoms with Gasteiger partial charge in [0.2, 0.25) is 5.91 Å². The molecule has 2 amide bonds. The Labute approximate surface area is 280 Å². The highest BCUT2D eigenvalue weighted by Crippen LogP contribution is 2.30. The molecular formula is C36H53N3O7S. The monoisotopic (exact) mass is 671 g/mol. The molecule has 2 N–H and O–H groups in total. The van der Waals surface area contributed by atoms with E-state index in [0.717, 1.165) is 50.5 Å². The minimum Gasteiger partial charge on any atom is -0.490 e. The molecule has 1 heterocycles. The minimum atomic E-state index is -3.92. The first kappa shape index (κ1) is 36.7. The van der Waals surface area contributed by atoms with Crippen LogP contribution >= 0.6 is 0 Å². The Morgan fingerprint density at radius 2 is 1.72 bits per heavy atom. The molecule has 2 aliphatic rings. The summed E-state index contributed by atoms with van der Waals surface area (Å²) in [5.74, 6) is -0.0163. The molecular weight excluding hydrogens is 618 g/mol. The van der Waals surface area contributed by atoms with Crippen LogP contribution in [0.5, 0.6) is 5.75 Å². The van der Waals surface area contributed by atoms with Crippen LogP contribution in [0.25, 0.3) is 0 Å². The number of carbonyl (C=O) groups excluding carboxylic acids is 2. The molecule has 1 aliphatic heterocycles. The number of sulfonamides is 1. The van der Waals surface area contributed by atoms with Gasteiger partial charge in [-0.1, -0.05) is 43.9 Å². The summed E-state index contributed by atoms with van der Waals surface area (Å²) in [6, 6.07) is 10.7. The first-order valence-electron chi connectivity index (χ1n) is 17.1. The second kappa shape index (κ2) is 16.8. The summed E-state index contributed by atoms with van der Waals surface area (Å²) >= 11 is 0. The lowest BCUT2D eigenvalue weighted by atomic mass is 9.88. The molecule has 4 atom stereocenters. The van der Waals surface area contributed by atoms with E-state index in [1.807, 2.05) is 27.8 Å². The number of carbonyl (C=O) groups is 2. The van der Waals surface area contributed by atoms with Gasteiger partial charge in [0.15, 0.2) is 0 Å². The molecule has 0 spiro atoms. The van der Waals surface area contributed by atoms with Gasteiger partial charge in [-0.15, -0.1) is 0 Å². The molecule has 0 aromatic heterocycles. The van der Waals surface area contributed by atoms with E-state index in [1.54, 1.807) is 41.0 Å². The summed E-state index contributed by atoms with van der Waals surface area (Å²) in [6.07, 6.45) is 7.04. The number of hydrogen-bond donors (Lipinski definition) is 2. The first-order valence-corrected chi connectivity index (χ1v) is 18.6. The summed E-state index contributed by atoms with van der Waals surface area (Å²) in [7, 11) is -2.08. The SMILES string of the molecule is Cc1ccc(S(=O)(=O)Nc2ccc3c(c2)C(=O)N([C@H](C)CO)C[C@H](C)[C@@H](CN(C)C(=O)C2CCCCC2)OCCCC[C@@H](C)O3)cc1. The first-order chi connectivity index (χ1) is 22.4. The van der Waals surface area contributed by atoms with E-state index >= 15 is 0 Å². The van der Waals surface area contributed by atoms with Crippen LogP contribution in [-0.4, -0.2) is 86.7 Å². The van der Waals surface area contributed by atoms with E-state index in [0.29, 0.717) is 18.9 Å². The Hall–Kier alpha value is -3.15. The van der Waals surface area contributed by atoms with Gasteiger partial charge in [-0.3, -0.25) is 14.3 Å². The van der Waals surface area contributed by atoms with Gasteiger partial charge in [0.1, 0.15) is 5.75 Å². The van der Waals surface area contributed by atoms with Crippen molar-refractivity contribution in [3.8, 4) is 5.75 Å². The van der Waals surface area contributed by atoms with Crippen LogP contribution in [-0.2, 0) is 19.6 Å². The number of benzene rings is 2. The zero-order valence-corrected chi connectivity index (χ0v) is 29.4. The highest BCUT2D eigenvalue weighted by Gasteiger charge is 2.32. The molecule has 1 fully saturated rings. The molecule has 4 rings (SSSR count). The summed E-state index contributed by atoms with van der Waals surface area (Å²) in [4.78, 5) is 31.2. The van der Waals surface area contributed by atoms with Crippen molar-refractivity contribution in [2.24, 2.45) is 11.8 Å². The third kappa shape index (κ3) is 9.93. The van der Waals surface area contributed by atoms with Crippen molar-refractivity contribution in [2.75, 3.05) is 38.1 Å². The van der Waals surface area contributed by atoms with Crippen molar-refractivity contribution in [2.45, 2.75) is 102 Å². The smallest absolute Gasteiger partial charge is 0.261 e. The molecule has 1 saturated carbocycles. The lowest BCUT2D eigenvalue weighted by Gasteiger charge is -2.36. The van der Waals surface area contributed by atoms with Crippen molar-refractivity contribution < 1.29 is 32.6 Å². The van der Waals surface area contributed by atoms with Gasteiger partial charge in [-0.05, 0) is 83.2 Å². The number of hydrogen-bond acceptors (Lipinski definition) is 7. The number of aliphatic hydroxyl groups is 1. The van der Waals surface area contributed by atoms with Crippen LogP contribution in [0, 0.1) is 18.8 Å². The number of fused-ring (bicyclic) bond motifs is 1. The van der Waals surface area contributed by atoms with Crippen LogP contribution < -0.4 is 9.46 Å². The number of likely N-dealkylation sites (N-methyl/N-ethyl adjacent to an activating group) is 1. The van der Waals surface area contributed by atoms with E-state index in [9.17, 15) is 23.1 Å². The Kier molecular flexibility index (Phi) is 13.1. The van der Waals surface area contributed by atoms with E-state index in [2.05, 4.69) is 4.72 Å². The van der Waals surface area contributed by atoms with Crippen molar-refractivity contribution in [1.82, 2.24) is 9.80 Å². The number of rotatable bonds is 8. The Bertz CT molecular complexity index is 1440. The lowest BCUT2D eigenvalue weighted by molar-refractivity contribution is -0.137. The fraction of sp³-hybridized carbons (Fsp3) is 0.611. The number of ether oxygens (including phenoxy) is 2. The summed E-state index contributed by atoms with van der Waals surface area (Å²) in [6.45, 7) is 8.53. The normalized spacial score (nSPS) is 22.8. The van der Waals surface area contributed by atoms with E-state index in [-0.39, 0.29) is 65.2 Å². The zero-order valence-electron chi connectivity index (χ0n) is 28.6. The summed E-state index contributed by atoms with van der Waals surface area (Å²) in [5.41, 5.74) is 1.37. The predicted octanol–water partition coefficient (Wildman–Crippen LogP) is 5.63. The van der Waals surface area contributed by atoms with Crippen molar-refractivity contribution in [3.05, 3.63) is 53.6 Å². The summed E-state index contributed by atoms with van der Waals surface area (Å²) < 4.78 is 41.7. The van der Waals surface area contributed by atoms with Gasteiger partial charge >= 0.3 is 0 Å². The maximum atomic E-state index is 14.4. The van der Waals surface area contributed by atoms with E-state index in [4.69, 9.17) is 9.47 Å². The number of nitrogens with one attached hydrogen (secondary N) is 1. The molecule has 47 heavy (non-hydrogen) atoms. The molecule has 1 aliphatic carbocycles. The molecule has 11 heteroatoms. The molecule has 0 bridgehead atoms. The van der Waals surface area contributed by atoms with Crippen LogP contribution in [0.2, 0.25) is 0 Å². The molecule has 2 aromatic carbocycles. The van der Waals surface area contributed by atoms with Crippen molar-refractivity contribution in [1.29, 1.82) is 0 Å². The minimum absolute atomic E-state index is 0.0469. The highest BCUT2D eigenvalue weighted by molar-refractivity contribution is 7.92. The molecule has 10 nitrogen and oxygen atoms in total. The third-order valence-corrected chi connectivity index (χ3v) is 10.8. The van der Waals surface area contributed by atoms with Gasteiger partial charge in [0, 0.05) is 44.3 Å². The number of anilines is 1. The van der Waals surface area contributed by atoms with E-state index in [1.165, 1.54) is 24.6 Å². The fourth-order valence-corrected chi connectivity index (χ4v) is 7.45. The molecule has 0 unspecified atom stereocenters.